The van der Waals surface area contributed by atoms with Crippen molar-refractivity contribution in [2.45, 2.75) is 47.0 Å². The van der Waals surface area contributed by atoms with Gasteiger partial charge in [0.15, 0.2) is 11.5 Å². The molecule has 1 N–H and O–H groups in total. The van der Waals surface area contributed by atoms with E-state index in [1.807, 2.05) is 24.3 Å². The second kappa shape index (κ2) is 5.95. The van der Waals surface area contributed by atoms with Crippen molar-refractivity contribution in [3.05, 3.63) is 35.2 Å². The molecule has 3 rings (SSSR count). The molecule has 0 unspecified atom stereocenters. The molecule has 0 aliphatic heterocycles. The first-order valence-corrected chi connectivity index (χ1v) is 8.29. The second-order valence-electron chi connectivity index (χ2n) is 7.48. The van der Waals surface area contributed by atoms with Crippen molar-refractivity contribution in [2.24, 2.45) is 0 Å². The summed E-state index contributed by atoms with van der Waals surface area (Å²) in [7, 11) is 0. The number of hydrogen-bond acceptors (Lipinski definition) is 4. The van der Waals surface area contributed by atoms with E-state index in [1.165, 1.54) is 12.5 Å². The number of anilines is 1. The number of nitrogens with zero attached hydrogens (tertiary/aromatic N) is 4. The molecular formula is C19H23N5O. The van der Waals surface area contributed by atoms with E-state index < -0.39 is 0 Å². The Labute approximate surface area is 146 Å². The zero-order valence-corrected chi connectivity index (χ0v) is 15.5. The molecule has 0 aliphatic carbocycles. The Morgan fingerprint density at radius 3 is 2.20 bits per heavy atom. The smallest absolute Gasteiger partial charge is 0.221 e. The third-order valence-corrected chi connectivity index (χ3v) is 3.92. The van der Waals surface area contributed by atoms with E-state index in [2.05, 4.69) is 50.1 Å². The van der Waals surface area contributed by atoms with E-state index in [4.69, 9.17) is 4.98 Å². The Morgan fingerprint density at radius 2 is 1.68 bits per heavy atom. The molecule has 0 saturated carbocycles. The first kappa shape index (κ1) is 17.1. The minimum atomic E-state index is -0.0934. The van der Waals surface area contributed by atoms with Gasteiger partial charge in [-0.25, -0.2) is 4.98 Å². The first-order valence-electron chi connectivity index (χ1n) is 8.29. The number of fused-ring (bicyclic) bond motifs is 1. The summed E-state index contributed by atoms with van der Waals surface area (Å²) in [6.07, 6.45) is 0. The van der Waals surface area contributed by atoms with Gasteiger partial charge in [0, 0.05) is 28.8 Å². The molecule has 0 bridgehead atoms. The normalized spacial score (nSPS) is 11.8. The van der Waals surface area contributed by atoms with Gasteiger partial charge >= 0.3 is 0 Å². The van der Waals surface area contributed by atoms with E-state index in [0.29, 0.717) is 5.82 Å². The minimum absolute atomic E-state index is 0.0743. The summed E-state index contributed by atoms with van der Waals surface area (Å²) < 4.78 is 1.62. The molecule has 0 radical (unpaired) electrons. The molecule has 0 aliphatic rings. The summed E-state index contributed by atoms with van der Waals surface area (Å²) in [5, 5.41) is 13.0. The van der Waals surface area contributed by atoms with Crippen molar-refractivity contribution >= 4 is 22.8 Å². The lowest BCUT2D eigenvalue weighted by Gasteiger charge is -2.15. The fourth-order valence-corrected chi connectivity index (χ4v) is 2.79. The second-order valence-corrected chi connectivity index (χ2v) is 7.48. The third-order valence-electron chi connectivity index (χ3n) is 3.92. The summed E-state index contributed by atoms with van der Waals surface area (Å²) in [4.78, 5) is 15.8. The SMILES string of the molecule is CC(=O)Nc1ccc(-c2nc3c(=C(C)C)c(C(C)(C)C)nn3n2)cc1. The van der Waals surface area contributed by atoms with Crippen molar-refractivity contribution in [1.82, 2.24) is 19.8 Å². The van der Waals surface area contributed by atoms with Crippen LogP contribution in [0, 0.1) is 0 Å². The number of aromatic nitrogens is 4. The van der Waals surface area contributed by atoms with Gasteiger partial charge in [-0.15, -0.1) is 9.73 Å². The standard InChI is InChI=1S/C19H23N5O/c1-11(2)15-16(19(4,5)6)22-24-18(15)21-17(23-24)13-7-9-14(10-8-13)20-12(3)25/h7-10H,1-6H3,(H,20,25). The molecule has 0 saturated heterocycles. The van der Waals surface area contributed by atoms with Crippen molar-refractivity contribution in [3.63, 3.8) is 0 Å². The lowest BCUT2D eigenvalue weighted by atomic mass is 9.90. The fourth-order valence-electron chi connectivity index (χ4n) is 2.79. The fraction of sp³-hybridized carbons (Fsp3) is 0.368. The van der Waals surface area contributed by atoms with E-state index in [1.54, 1.807) is 4.63 Å². The molecule has 2 aromatic heterocycles. The summed E-state index contributed by atoms with van der Waals surface area (Å²) in [6.45, 7) is 12.1. The van der Waals surface area contributed by atoms with Gasteiger partial charge in [-0.3, -0.25) is 4.79 Å². The number of carbonyl (C=O) groups is 1. The topological polar surface area (TPSA) is 72.2 Å². The molecule has 130 valence electrons. The number of benzene rings is 1. The maximum atomic E-state index is 11.1. The molecule has 25 heavy (non-hydrogen) atoms. The number of carbonyl (C=O) groups excluding carboxylic acids is 1. The highest BCUT2D eigenvalue weighted by Gasteiger charge is 2.23. The van der Waals surface area contributed by atoms with Crippen LogP contribution < -0.4 is 10.5 Å². The highest BCUT2D eigenvalue weighted by atomic mass is 16.1. The van der Waals surface area contributed by atoms with E-state index in [9.17, 15) is 4.79 Å². The average Bonchev–Trinajstić information content (AvgIpc) is 3.03. The monoisotopic (exact) mass is 337 g/mol. The summed E-state index contributed by atoms with van der Waals surface area (Å²) in [5.74, 6) is 0.531. The van der Waals surface area contributed by atoms with E-state index >= 15 is 0 Å². The van der Waals surface area contributed by atoms with Crippen LogP contribution in [0.15, 0.2) is 24.3 Å². The number of amides is 1. The molecule has 2 heterocycles. The van der Waals surface area contributed by atoms with Gasteiger partial charge in [-0.05, 0) is 38.1 Å². The number of rotatable bonds is 2. The van der Waals surface area contributed by atoms with Crippen LogP contribution in [0.1, 0.15) is 47.2 Å². The van der Waals surface area contributed by atoms with Crippen molar-refractivity contribution in [2.75, 3.05) is 5.32 Å². The predicted molar refractivity (Wildman–Crippen MR) is 99.2 cm³/mol. The van der Waals surface area contributed by atoms with Gasteiger partial charge in [0.1, 0.15) is 0 Å². The zero-order valence-electron chi connectivity index (χ0n) is 15.5. The Bertz CT molecular complexity index is 989. The van der Waals surface area contributed by atoms with Crippen LogP contribution in [0.4, 0.5) is 5.69 Å². The van der Waals surface area contributed by atoms with Crippen molar-refractivity contribution < 1.29 is 4.79 Å². The molecule has 6 heteroatoms. The van der Waals surface area contributed by atoms with Gasteiger partial charge in [-0.2, -0.15) is 5.10 Å². The lowest BCUT2D eigenvalue weighted by molar-refractivity contribution is -0.114. The summed E-state index contributed by atoms with van der Waals surface area (Å²) in [6, 6.07) is 7.48. The average molecular weight is 337 g/mol. The van der Waals surface area contributed by atoms with Crippen molar-refractivity contribution in [1.29, 1.82) is 0 Å². The van der Waals surface area contributed by atoms with Gasteiger partial charge in [0.2, 0.25) is 5.91 Å². The predicted octanol–water partition coefficient (Wildman–Crippen LogP) is 2.96. The molecule has 0 fully saturated rings. The largest absolute Gasteiger partial charge is 0.326 e. The highest BCUT2D eigenvalue weighted by molar-refractivity contribution is 5.88. The third kappa shape index (κ3) is 3.24. The van der Waals surface area contributed by atoms with Gasteiger partial charge in [-0.1, -0.05) is 26.3 Å². The Hall–Kier alpha value is -2.76. The maximum absolute atomic E-state index is 11.1. The van der Waals surface area contributed by atoms with Crippen molar-refractivity contribution in [3.8, 4) is 11.4 Å². The molecular weight excluding hydrogens is 314 g/mol. The molecule has 1 aromatic carbocycles. The lowest BCUT2D eigenvalue weighted by Crippen LogP contribution is -2.23. The van der Waals surface area contributed by atoms with Crippen LogP contribution in [0.5, 0.6) is 0 Å². The molecule has 0 atom stereocenters. The van der Waals surface area contributed by atoms with Gasteiger partial charge in [0.05, 0.1) is 5.69 Å². The van der Waals surface area contributed by atoms with Crippen LogP contribution in [-0.2, 0) is 10.2 Å². The highest BCUT2D eigenvalue weighted by Crippen LogP contribution is 2.21. The number of hydrogen-bond donors (Lipinski definition) is 1. The zero-order chi connectivity index (χ0) is 18.4. The Balaban J connectivity index is 2.09. The summed E-state index contributed by atoms with van der Waals surface area (Å²) in [5.41, 5.74) is 4.53. The van der Waals surface area contributed by atoms with Crippen LogP contribution >= 0.6 is 0 Å². The maximum Gasteiger partial charge on any atom is 0.221 e. The minimum Gasteiger partial charge on any atom is -0.326 e. The molecule has 0 spiro atoms. The first-order chi connectivity index (χ1) is 11.7. The van der Waals surface area contributed by atoms with Crippen LogP contribution in [0.3, 0.4) is 0 Å². The van der Waals surface area contributed by atoms with E-state index in [0.717, 1.165) is 27.8 Å². The van der Waals surface area contributed by atoms with Gasteiger partial charge in [0.25, 0.3) is 0 Å². The Morgan fingerprint density at radius 1 is 1.04 bits per heavy atom. The van der Waals surface area contributed by atoms with Crippen LogP contribution in [0.2, 0.25) is 0 Å². The Kier molecular flexibility index (Phi) is 4.06. The van der Waals surface area contributed by atoms with Gasteiger partial charge < -0.3 is 5.32 Å². The van der Waals surface area contributed by atoms with Crippen LogP contribution in [0.25, 0.3) is 22.6 Å². The molecule has 6 nitrogen and oxygen atoms in total. The molecule has 1 amide bonds. The van der Waals surface area contributed by atoms with E-state index in [-0.39, 0.29) is 11.3 Å². The summed E-state index contributed by atoms with van der Waals surface area (Å²) >= 11 is 0. The quantitative estimate of drug-likeness (QED) is 0.780. The van der Waals surface area contributed by atoms with Crippen LogP contribution in [-0.4, -0.2) is 25.7 Å². The number of nitrogens with one attached hydrogen (secondary N) is 1. The molecule has 3 aromatic rings.